The molecule has 0 aliphatic carbocycles. The van der Waals surface area contributed by atoms with Crippen LogP contribution in [0.1, 0.15) is 23.2 Å². The lowest BCUT2D eigenvalue weighted by Crippen LogP contribution is -2.46. The van der Waals surface area contributed by atoms with Gasteiger partial charge in [0.15, 0.2) is 0 Å². The predicted octanol–water partition coefficient (Wildman–Crippen LogP) is 1.44. The number of halogens is 2. The average Bonchev–Trinajstić information content (AvgIpc) is 2.40. The maximum atomic E-state index is 13.9. The maximum Gasteiger partial charge on any atom is 0.308 e. The van der Waals surface area contributed by atoms with Crippen LogP contribution in [0, 0.1) is 21.7 Å². The maximum absolute atomic E-state index is 13.9. The van der Waals surface area contributed by atoms with Crippen molar-refractivity contribution in [1.29, 1.82) is 0 Å². The minimum atomic E-state index is -1.32. The minimum Gasteiger partial charge on any atom is -0.337 e. The van der Waals surface area contributed by atoms with Crippen molar-refractivity contribution < 1.29 is 18.5 Å². The number of carbonyl (C=O) groups is 1. The Kier molecular flexibility index (Phi) is 3.93. The molecule has 8 heteroatoms. The fourth-order valence-corrected chi connectivity index (χ4v) is 2.23. The molecule has 0 radical (unpaired) electrons. The first-order valence-corrected chi connectivity index (χ1v) is 6.08. The predicted molar refractivity (Wildman–Crippen MR) is 66.1 cm³/mol. The summed E-state index contributed by atoms with van der Waals surface area (Å²) >= 11 is 0. The van der Waals surface area contributed by atoms with E-state index >= 15 is 0 Å². The number of hydrogen-bond acceptors (Lipinski definition) is 4. The molecular formula is C12H13F2N3O3. The third-order valence-electron chi connectivity index (χ3n) is 3.19. The molecule has 1 aliphatic rings. The zero-order chi connectivity index (χ0) is 14.9. The molecular weight excluding hydrogens is 272 g/mol. The Morgan fingerprint density at radius 2 is 2.15 bits per heavy atom. The van der Waals surface area contributed by atoms with Gasteiger partial charge in [0.1, 0.15) is 5.82 Å². The Morgan fingerprint density at radius 1 is 1.45 bits per heavy atom. The molecule has 1 aromatic rings. The van der Waals surface area contributed by atoms with Crippen molar-refractivity contribution in [2.24, 2.45) is 5.73 Å². The fourth-order valence-electron chi connectivity index (χ4n) is 2.23. The van der Waals surface area contributed by atoms with Gasteiger partial charge in [0.2, 0.25) is 5.82 Å². The fraction of sp³-hybridized carbons (Fsp3) is 0.417. The molecule has 0 spiro atoms. The van der Waals surface area contributed by atoms with E-state index in [1.165, 1.54) is 4.90 Å². The molecule has 1 aromatic carbocycles. The summed E-state index contributed by atoms with van der Waals surface area (Å²) in [5.41, 5.74) is 4.04. The van der Waals surface area contributed by atoms with E-state index in [9.17, 15) is 23.7 Å². The van der Waals surface area contributed by atoms with Gasteiger partial charge >= 0.3 is 5.69 Å². The number of rotatable bonds is 2. The molecule has 1 heterocycles. The minimum absolute atomic E-state index is 0.223. The van der Waals surface area contributed by atoms with Gasteiger partial charge < -0.3 is 10.6 Å². The quantitative estimate of drug-likeness (QED) is 0.657. The van der Waals surface area contributed by atoms with E-state index in [1.54, 1.807) is 0 Å². The van der Waals surface area contributed by atoms with Gasteiger partial charge in [0.25, 0.3) is 5.91 Å². The number of nitro benzene ring substituents is 1. The second-order valence-corrected chi connectivity index (χ2v) is 4.70. The summed E-state index contributed by atoms with van der Waals surface area (Å²) in [5.74, 6) is -3.12. The number of benzene rings is 1. The van der Waals surface area contributed by atoms with E-state index < -0.39 is 33.7 Å². The van der Waals surface area contributed by atoms with E-state index in [0.717, 1.165) is 6.42 Å². The lowest BCUT2D eigenvalue weighted by Gasteiger charge is -2.30. The van der Waals surface area contributed by atoms with Gasteiger partial charge in [-0.25, -0.2) is 4.39 Å². The van der Waals surface area contributed by atoms with Crippen molar-refractivity contribution in [2.75, 3.05) is 13.1 Å². The lowest BCUT2D eigenvalue weighted by atomic mass is 10.0. The van der Waals surface area contributed by atoms with Crippen LogP contribution in [0.4, 0.5) is 14.5 Å². The molecule has 20 heavy (non-hydrogen) atoms. The number of likely N-dealkylation sites (tertiary alicyclic amines) is 1. The molecule has 0 bridgehead atoms. The van der Waals surface area contributed by atoms with Crippen LogP contribution in [0.3, 0.4) is 0 Å². The first-order valence-electron chi connectivity index (χ1n) is 6.08. The Balaban J connectivity index is 2.36. The highest BCUT2D eigenvalue weighted by Gasteiger charge is 2.29. The third-order valence-corrected chi connectivity index (χ3v) is 3.19. The smallest absolute Gasteiger partial charge is 0.308 e. The van der Waals surface area contributed by atoms with E-state index in [1.807, 2.05) is 0 Å². The summed E-state index contributed by atoms with van der Waals surface area (Å²) < 4.78 is 27.2. The topological polar surface area (TPSA) is 89.5 Å². The van der Waals surface area contributed by atoms with Crippen molar-refractivity contribution in [1.82, 2.24) is 4.90 Å². The van der Waals surface area contributed by atoms with Crippen molar-refractivity contribution >= 4 is 11.6 Å². The van der Waals surface area contributed by atoms with Gasteiger partial charge in [-0.3, -0.25) is 14.9 Å². The van der Waals surface area contributed by atoms with Gasteiger partial charge in [-0.05, 0) is 18.9 Å². The van der Waals surface area contributed by atoms with Crippen molar-refractivity contribution in [2.45, 2.75) is 18.9 Å². The summed E-state index contributed by atoms with van der Waals surface area (Å²) in [7, 11) is 0. The Morgan fingerprint density at radius 3 is 2.75 bits per heavy atom. The summed E-state index contributed by atoms with van der Waals surface area (Å²) in [6.45, 7) is 0.596. The largest absolute Gasteiger partial charge is 0.337 e. The molecule has 0 saturated carbocycles. The number of nitrogens with two attached hydrogens (primary N) is 1. The van der Waals surface area contributed by atoms with Crippen molar-refractivity contribution in [3.05, 3.63) is 39.4 Å². The normalized spacial score (nSPS) is 18.9. The summed E-state index contributed by atoms with van der Waals surface area (Å²) in [6.07, 6.45) is 1.40. The summed E-state index contributed by atoms with van der Waals surface area (Å²) in [5, 5.41) is 10.6. The molecule has 0 aromatic heterocycles. The molecule has 1 saturated heterocycles. The standard InChI is InChI=1S/C12H13F2N3O3/c13-7-4-9(11(14)10(5-7)17(19)20)12(18)16-3-1-2-8(15)6-16/h4-5,8H,1-3,6,15H2/t8-/m1/s1. The molecule has 2 N–H and O–H groups in total. The van der Waals surface area contributed by atoms with Gasteiger partial charge in [0, 0.05) is 19.1 Å². The Labute approximate surface area is 113 Å². The van der Waals surface area contributed by atoms with Gasteiger partial charge in [-0.1, -0.05) is 0 Å². The van der Waals surface area contributed by atoms with E-state index in [-0.39, 0.29) is 12.6 Å². The molecule has 2 rings (SSSR count). The van der Waals surface area contributed by atoms with Crippen LogP contribution in [0.5, 0.6) is 0 Å². The molecule has 6 nitrogen and oxygen atoms in total. The number of nitrogens with zero attached hydrogens (tertiary/aromatic N) is 2. The first kappa shape index (κ1) is 14.3. The van der Waals surface area contributed by atoms with Crippen LogP contribution in [0.15, 0.2) is 12.1 Å². The highest BCUT2D eigenvalue weighted by Crippen LogP contribution is 2.24. The second kappa shape index (κ2) is 5.49. The van der Waals surface area contributed by atoms with Gasteiger partial charge in [-0.15, -0.1) is 0 Å². The average molecular weight is 285 g/mol. The SMILES string of the molecule is N[C@@H]1CCCN(C(=O)c2cc(F)cc([N+](=O)[O-])c2F)C1. The first-order chi connectivity index (χ1) is 9.40. The number of carbonyl (C=O) groups excluding carboxylic acids is 1. The van der Waals surface area contributed by atoms with Crippen LogP contribution in [0.2, 0.25) is 0 Å². The molecule has 0 unspecified atom stereocenters. The second-order valence-electron chi connectivity index (χ2n) is 4.70. The highest BCUT2D eigenvalue weighted by atomic mass is 19.1. The van der Waals surface area contributed by atoms with Crippen LogP contribution in [-0.2, 0) is 0 Å². The number of amides is 1. The number of hydrogen-bond donors (Lipinski definition) is 1. The Bertz CT molecular complexity index is 565. The zero-order valence-corrected chi connectivity index (χ0v) is 10.5. The van der Waals surface area contributed by atoms with Gasteiger partial charge in [0.05, 0.1) is 16.6 Å². The van der Waals surface area contributed by atoms with Crippen LogP contribution in [0.25, 0.3) is 0 Å². The zero-order valence-electron chi connectivity index (χ0n) is 10.5. The summed E-state index contributed by atoms with van der Waals surface area (Å²) in [6, 6.07) is 0.901. The summed E-state index contributed by atoms with van der Waals surface area (Å²) in [4.78, 5) is 23.0. The van der Waals surface area contributed by atoms with Crippen LogP contribution < -0.4 is 5.73 Å². The van der Waals surface area contributed by atoms with Gasteiger partial charge in [-0.2, -0.15) is 4.39 Å². The molecule has 1 atom stereocenters. The van der Waals surface area contributed by atoms with Crippen molar-refractivity contribution in [3.63, 3.8) is 0 Å². The van der Waals surface area contributed by atoms with Crippen LogP contribution >= 0.6 is 0 Å². The molecule has 1 aliphatic heterocycles. The Hall–Kier alpha value is -2.09. The highest BCUT2D eigenvalue weighted by molar-refractivity contribution is 5.95. The number of nitro groups is 1. The van der Waals surface area contributed by atoms with Crippen LogP contribution in [-0.4, -0.2) is 34.9 Å². The molecule has 1 fully saturated rings. The third kappa shape index (κ3) is 2.74. The number of piperidine rings is 1. The monoisotopic (exact) mass is 285 g/mol. The lowest BCUT2D eigenvalue weighted by molar-refractivity contribution is -0.387. The van der Waals surface area contributed by atoms with E-state index in [0.29, 0.717) is 25.1 Å². The molecule has 108 valence electrons. The molecule has 1 amide bonds. The van der Waals surface area contributed by atoms with Crippen molar-refractivity contribution in [3.8, 4) is 0 Å². The van der Waals surface area contributed by atoms with E-state index in [2.05, 4.69) is 0 Å². The van der Waals surface area contributed by atoms with E-state index in [4.69, 9.17) is 5.73 Å².